The maximum atomic E-state index is 12.5. The van der Waals surface area contributed by atoms with Crippen molar-refractivity contribution in [1.29, 1.82) is 0 Å². The van der Waals surface area contributed by atoms with Crippen molar-refractivity contribution in [2.75, 3.05) is 20.2 Å². The number of hydrogen-bond donors (Lipinski definition) is 0. The molecule has 0 N–H and O–H groups in total. The minimum absolute atomic E-state index is 0.114. The number of amidine groups is 1. The summed E-state index contributed by atoms with van der Waals surface area (Å²) in [4.78, 5) is 19.5. The monoisotopic (exact) mass is 438 g/mol. The molecule has 2 aromatic rings. The second kappa shape index (κ2) is 9.58. The minimum atomic E-state index is -0.213. The highest BCUT2D eigenvalue weighted by atomic mass is 32.2. The van der Waals surface area contributed by atoms with Crippen molar-refractivity contribution in [3.63, 3.8) is 0 Å². The third-order valence-corrected chi connectivity index (χ3v) is 6.07. The summed E-state index contributed by atoms with van der Waals surface area (Å²) in [6.45, 7) is 6.00. The first-order chi connectivity index (χ1) is 15.0. The summed E-state index contributed by atoms with van der Waals surface area (Å²) in [6.07, 6.45) is 2.08. The first kappa shape index (κ1) is 21.5. The predicted octanol–water partition coefficient (Wildman–Crippen LogP) is 4.35. The number of benzene rings is 2. The highest BCUT2D eigenvalue weighted by molar-refractivity contribution is 8.18. The Labute approximate surface area is 186 Å². The number of hydrogen-bond acceptors (Lipinski definition) is 6. The summed E-state index contributed by atoms with van der Waals surface area (Å²) in [6, 6.07) is 15.6. The first-order valence-electron chi connectivity index (χ1n) is 10.3. The summed E-state index contributed by atoms with van der Waals surface area (Å²) < 4.78 is 17.2. The summed E-state index contributed by atoms with van der Waals surface area (Å²) in [5, 5.41) is 0.744. The van der Waals surface area contributed by atoms with Gasteiger partial charge < -0.3 is 19.1 Å². The molecule has 0 aromatic heterocycles. The molecule has 0 saturated carbocycles. The SMILES string of the molecule is COc1cc(/C=C2/SC(N3C[C@H](C)O[C@@H](C)C3)=NC2=O)ccc1OCc1ccccc1. The van der Waals surface area contributed by atoms with Crippen LogP contribution < -0.4 is 9.47 Å². The fourth-order valence-corrected chi connectivity index (χ4v) is 4.58. The van der Waals surface area contributed by atoms with Gasteiger partial charge in [0.15, 0.2) is 16.7 Å². The summed E-state index contributed by atoms with van der Waals surface area (Å²) >= 11 is 1.41. The number of ether oxygens (including phenoxy) is 3. The van der Waals surface area contributed by atoms with Crippen LogP contribution in [0.5, 0.6) is 11.5 Å². The van der Waals surface area contributed by atoms with Gasteiger partial charge in [0.25, 0.3) is 5.91 Å². The number of thioether (sulfide) groups is 1. The van der Waals surface area contributed by atoms with Gasteiger partial charge in [-0.25, -0.2) is 0 Å². The van der Waals surface area contributed by atoms with Crippen LogP contribution in [0.1, 0.15) is 25.0 Å². The number of carbonyl (C=O) groups excluding carboxylic acids is 1. The first-order valence-corrected chi connectivity index (χ1v) is 11.1. The molecule has 0 bridgehead atoms. The van der Waals surface area contributed by atoms with Gasteiger partial charge >= 0.3 is 0 Å². The Hall–Kier alpha value is -2.77. The van der Waals surface area contributed by atoms with Crippen molar-refractivity contribution >= 4 is 28.9 Å². The number of nitrogens with zero attached hydrogens (tertiary/aromatic N) is 2. The average molecular weight is 439 g/mol. The molecule has 2 heterocycles. The van der Waals surface area contributed by atoms with E-state index in [0.29, 0.717) is 23.0 Å². The minimum Gasteiger partial charge on any atom is -0.493 e. The lowest BCUT2D eigenvalue weighted by atomic mass is 10.2. The van der Waals surface area contributed by atoms with Gasteiger partial charge in [-0.1, -0.05) is 36.4 Å². The molecule has 4 rings (SSSR count). The van der Waals surface area contributed by atoms with E-state index in [1.807, 2.05) is 68.5 Å². The molecule has 162 valence electrons. The molecule has 0 radical (unpaired) electrons. The zero-order valence-corrected chi connectivity index (χ0v) is 18.7. The standard InChI is InChI=1S/C24H26N2O4S/c1-16-13-26(14-17(2)30-16)24-25-23(27)22(31-24)12-19-9-10-20(21(11-19)28-3)29-15-18-7-5-4-6-8-18/h4-12,16-17H,13-15H2,1-3H3/b22-12+/t16-,17-/m0/s1. The molecule has 1 amide bonds. The van der Waals surface area contributed by atoms with Crippen molar-refractivity contribution in [2.24, 2.45) is 4.99 Å². The highest BCUT2D eigenvalue weighted by Crippen LogP contribution is 2.34. The van der Waals surface area contributed by atoms with Crippen LogP contribution in [-0.2, 0) is 16.1 Å². The van der Waals surface area contributed by atoms with E-state index in [0.717, 1.165) is 29.4 Å². The second-order valence-electron chi connectivity index (χ2n) is 7.66. The normalized spacial score (nSPS) is 22.5. The molecule has 1 fully saturated rings. The van der Waals surface area contributed by atoms with Gasteiger partial charge in [0, 0.05) is 13.1 Å². The van der Waals surface area contributed by atoms with Crippen LogP contribution >= 0.6 is 11.8 Å². The Balaban J connectivity index is 1.45. The number of rotatable bonds is 5. The van der Waals surface area contributed by atoms with Gasteiger partial charge in [-0.15, -0.1) is 0 Å². The van der Waals surface area contributed by atoms with E-state index in [1.165, 1.54) is 11.8 Å². The molecular formula is C24H26N2O4S. The maximum absolute atomic E-state index is 12.5. The smallest absolute Gasteiger partial charge is 0.286 e. The highest BCUT2D eigenvalue weighted by Gasteiger charge is 2.31. The average Bonchev–Trinajstić information content (AvgIpc) is 3.13. The largest absolute Gasteiger partial charge is 0.493 e. The van der Waals surface area contributed by atoms with E-state index in [-0.39, 0.29) is 18.1 Å². The molecule has 2 aliphatic rings. The van der Waals surface area contributed by atoms with E-state index in [1.54, 1.807) is 7.11 Å². The topological polar surface area (TPSA) is 60.4 Å². The van der Waals surface area contributed by atoms with Crippen LogP contribution in [0.3, 0.4) is 0 Å². The van der Waals surface area contributed by atoms with Gasteiger partial charge in [-0.2, -0.15) is 4.99 Å². The summed E-state index contributed by atoms with van der Waals surface area (Å²) in [7, 11) is 1.61. The Morgan fingerprint density at radius 3 is 2.58 bits per heavy atom. The van der Waals surface area contributed by atoms with Gasteiger partial charge in [-0.3, -0.25) is 4.79 Å². The fourth-order valence-electron chi connectivity index (χ4n) is 3.65. The van der Waals surface area contributed by atoms with Crippen LogP contribution in [0.4, 0.5) is 0 Å². The maximum Gasteiger partial charge on any atom is 0.286 e. The van der Waals surface area contributed by atoms with Crippen molar-refractivity contribution in [2.45, 2.75) is 32.7 Å². The molecule has 2 aromatic carbocycles. The molecule has 0 spiro atoms. The zero-order chi connectivity index (χ0) is 21.8. The number of amides is 1. The molecule has 7 heteroatoms. The fraction of sp³-hybridized carbons (Fsp3) is 0.333. The lowest BCUT2D eigenvalue weighted by Gasteiger charge is -2.35. The van der Waals surface area contributed by atoms with E-state index in [4.69, 9.17) is 14.2 Å². The molecule has 1 saturated heterocycles. The third kappa shape index (κ3) is 5.29. The summed E-state index contributed by atoms with van der Waals surface area (Å²) in [5.74, 6) is 1.07. The zero-order valence-electron chi connectivity index (χ0n) is 17.9. The number of methoxy groups -OCH3 is 1. The van der Waals surface area contributed by atoms with E-state index in [2.05, 4.69) is 9.89 Å². The Morgan fingerprint density at radius 2 is 1.87 bits per heavy atom. The quantitative estimate of drug-likeness (QED) is 0.647. The Bertz CT molecular complexity index is 996. The van der Waals surface area contributed by atoms with Crippen molar-refractivity contribution in [1.82, 2.24) is 4.90 Å². The number of morpholine rings is 1. The molecular weight excluding hydrogens is 412 g/mol. The molecule has 2 aliphatic heterocycles. The number of carbonyl (C=O) groups is 1. The summed E-state index contributed by atoms with van der Waals surface area (Å²) in [5.41, 5.74) is 1.94. The predicted molar refractivity (Wildman–Crippen MR) is 123 cm³/mol. The van der Waals surface area contributed by atoms with Gasteiger partial charge in [0.05, 0.1) is 24.2 Å². The molecule has 6 nitrogen and oxygen atoms in total. The van der Waals surface area contributed by atoms with Crippen LogP contribution in [0.25, 0.3) is 6.08 Å². The lowest BCUT2D eigenvalue weighted by Crippen LogP contribution is -2.47. The van der Waals surface area contributed by atoms with Crippen molar-refractivity contribution < 1.29 is 19.0 Å². The van der Waals surface area contributed by atoms with Crippen molar-refractivity contribution in [3.8, 4) is 11.5 Å². The molecule has 0 aliphatic carbocycles. The molecule has 2 atom stereocenters. The molecule has 0 unspecified atom stereocenters. The Morgan fingerprint density at radius 1 is 1.13 bits per heavy atom. The molecule has 31 heavy (non-hydrogen) atoms. The van der Waals surface area contributed by atoms with Gasteiger partial charge in [0.1, 0.15) is 6.61 Å². The lowest BCUT2D eigenvalue weighted by molar-refractivity contribution is -0.113. The van der Waals surface area contributed by atoms with Crippen LogP contribution in [0.2, 0.25) is 0 Å². The van der Waals surface area contributed by atoms with Crippen LogP contribution in [0, 0.1) is 0 Å². The van der Waals surface area contributed by atoms with E-state index in [9.17, 15) is 4.79 Å². The Kier molecular flexibility index (Phi) is 6.63. The third-order valence-electron chi connectivity index (χ3n) is 5.02. The second-order valence-corrected chi connectivity index (χ2v) is 8.67. The van der Waals surface area contributed by atoms with E-state index < -0.39 is 0 Å². The van der Waals surface area contributed by atoms with Crippen molar-refractivity contribution in [3.05, 3.63) is 64.6 Å². The van der Waals surface area contributed by atoms with Gasteiger partial charge in [-0.05, 0) is 54.9 Å². The van der Waals surface area contributed by atoms with E-state index >= 15 is 0 Å². The van der Waals surface area contributed by atoms with Gasteiger partial charge in [0.2, 0.25) is 0 Å². The number of aliphatic imine (C=N–C) groups is 1. The van der Waals surface area contributed by atoms with Crippen LogP contribution in [-0.4, -0.2) is 48.4 Å². The van der Waals surface area contributed by atoms with Crippen LogP contribution in [0.15, 0.2) is 58.4 Å².